The minimum absolute atomic E-state index is 0.00566. The number of rotatable bonds is 7. The number of hydrogen-bond donors (Lipinski definition) is 1. The van der Waals surface area contributed by atoms with Crippen LogP contribution in [0.2, 0.25) is 5.02 Å². The molecule has 0 saturated carbocycles. The van der Waals surface area contributed by atoms with E-state index in [0.29, 0.717) is 10.8 Å². The van der Waals surface area contributed by atoms with Crippen LogP contribution in [0.15, 0.2) is 64.2 Å². The largest absolute Gasteiger partial charge is 0.495 e. The molecule has 0 saturated heterocycles. The van der Waals surface area contributed by atoms with Crippen molar-refractivity contribution >= 4 is 50.2 Å². The van der Waals surface area contributed by atoms with Gasteiger partial charge in [-0.1, -0.05) is 29.8 Å². The van der Waals surface area contributed by atoms with Gasteiger partial charge in [-0.05, 0) is 41.8 Å². The Morgan fingerprint density at radius 3 is 2.62 bits per heavy atom. The first kappa shape index (κ1) is 21.1. The molecule has 1 N–H and O–H groups in total. The van der Waals surface area contributed by atoms with Gasteiger partial charge in [0, 0.05) is 5.02 Å². The predicted octanol–water partition coefficient (Wildman–Crippen LogP) is 4.38. The summed E-state index contributed by atoms with van der Waals surface area (Å²) in [6.45, 7) is -0.642. The second-order valence-electron chi connectivity index (χ2n) is 5.79. The number of hydrogen-bond acceptors (Lipinski definition) is 5. The Morgan fingerprint density at radius 2 is 1.97 bits per heavy atom. The molecular weight excluding hydrogens is 439 g/mol. The number of nitrogens with one attached hydrogen (secondary N) is 1. The first-order chi connectivity index (χ1) is 13.8. The van der Waals surface area contributed by atoms with E-state index in [2.05, 4.69) is 5.32 Å². The summed E-state index contributed by atoms with van der Waals surface area (Å²) in [5.41, 5.74) is 0.0427. The highest BCUT2D eigenvalue weighted by Crippen LogP contribution is 2.30. The van der Waals surface area contributed by atoms with Crippen molar-refractivity contribution in [1.29, 1.82) is 0 Å². The number of anilines is 2. The molecule has 29 heavy (non-hydrogen) atoms. The van der Waals surface area contributed by atoms with E-state index in [1.165, 1.54) is 37.4 Å². The van der Waals surface area contributed by atoms with Gasteiger partial charge < -0.3 is 10.1 Å². The van der Waals surface area contributed by atoms with Gasteiger partial charge in [-0.15, -0.1) is 11.3 Å². The molecule has 0 atom stereocenters. The first-order valence-electron chi connectivity index (χ1n) is 8.27. The number of benzene rings is 2. The molecule has 0 radical (unpaired) electrons. The number of ether oxygens (including phenoxy) is 1. The standard InChI is InChI=1S/C19H16ClFN2O4S2/c1-27-17-9-8-13(20)11-15(17)22-18(24)12-23(16-6-3-2-5-14(16)21)29(25,26)19-7-4-10-28-19/h2-11H,12H2,1H3,(H,22,24). The molecular formula is C19H16ClFN2O4S2. The Bertz CT molecular complexity index is 1120. The zero-order chi connectivity index (χ0) is 21.0. The predicted molar refractivity (Wildman–Crippen MR) is 112 cm³/mol. The molecule has 2 aromatic carbocycles. The number of halogens is 2. The van der Waals surface area contributed by atoms with E-state index in [9.17, 15) is 17.6 Å². The molecule has 0 unspecified atom stereocenters. The normalized spacial score (nSPS) is 11.1. The Hall–Kier alpha value is -2.62. The fourth-order valence-electron chi connectivity index (χ4n) is 2.57. The van der Waals surface area contributed by atoms with Crippen LogP contribution in [-0.2, 0) is 14.8 Å². The van der Waals surface area contributed by atoms with E-state index < -0.39 is 28.3 Å². The maximum atomic E-state index is 14.4. The van der Waals surface area contributed by atoms with Crippen molar-refractivity contribution in [2.75, 3.05) is 23.3 Å². The highest BCUT2D eigenvalue weighted by molar-refractivity contribution is 7.94. The summed E-state index contributed by atoms with van der Waals surface area (Å²) in [6.07, 6.45) is 0. The van der Waals surface area contributed by atoms with Crippen LogP contribution in [0.3, 0.4) is 0 Å². The highest BCUT2D eigenvalue weighted by Gasteiger charge is 2.30. The number of amides is 1. The van der Waals surface area contributed by atoms with Crippen molar-refractivity contribution in [3.8, 4) is 5.75 Å². The molecule has 0 aliphatic heterocycles. The van der Waals surface area contributed by atoms with Crippen LogP contribution in [0.5, 0.6) is 5.75 Å². The van der Waals surface area contributed by atoms with Gasteiger partial charge in [0.25, 0.3) is 10.0 Å². The van der Waals surface area contributed by atoms with Gasteiger partial charge in [0.05, 0.1) is 18.5 Å². The van der Waals surface area contributed by atoms with Crippen molar-refractivity contribution in [1.82, 2.24) is 0 Å². The van der Waals surface area contributed by atoms with Crippen LogP contribution < -0.4 is 14.4 Å². The molecule has 1 heterocycles. The minimum atomic E-state index is -4.15. The maximum Gasteiger partial charge on any atom is 0.274 e. The van der Waals surface area contributed by atoms with Crippen LogP contribution in [0.25, 0.3) is 0 Å². The summed E-state index contributed by atoms with van der Waals surface area (Å²) in [5.74, 6) is -1.10. The zero-order valence-corrected chi connectivity index (χ0v) is 17.5. The Morgan fingerprint density at radius 1 is 1.21 bits per heavy atom. The van der Waals surface area contributed by atoms with Gasteiger partial charge in [-0.25, -0.2) is 12.8 Å². The van der Waals surface area contributed by atoms with E-state index in [1.807, 2.05) is 0 Å². The summed E-state index contributed by atoms with van der Waals surface area (Å²) < 4.78 is 46.4. The summed E-state index contributed by atoms with van der Waals surface area (Å²) >= 11 is 6.94. The third-order valence-electron chi connectivity index (χ3n) is 3.88. The van der Waals surface area contributed by atoms with Crippen LogP contribution in [0, 0.1) is 5.82 Å². The third-order valence-corrected chi connectivity index (χ3v) is 7.25. The van der Waals surface area contributed by atoms with Gasteiger partial charge in [0.2, 0.25) is 5.91 Å². The third kappa shape index (κ3) is 4.69. The smallest absolute Gasteiger partial charge is 0.274 e. The van der Waals surface area contributed by atoms with E-state index in [-0.39, 0.29) is 15.6 Å². The van der Waals surface area contributed by atoms with Crippen LogP contribution in [-0.4, -0.2) is 28.0 Å². The SMILES string of the molecule is COc1ccc(Cl)cc1NC(=O)CN(c1ccccc1F)S(=O)(=O)c1cccs1. The topological polar surface area (TPSA) is 75.7 Å². The van der Waals surface area contributed by atoms with E-state index in [1.54, 1.807) is 23.6 Å². The van der Waals surface area contributed by atoms with Crippen LogP contribution >= 0.6 is 22.9 Å². The molecule has 1 aromatic heterocycles. The summed E-state index contributed by atoms with van der Waals surface area (Å²) in [5, 5.41) is 4.51. The first-order valence-corrected chi connectivity index (χ1v) is 11.0. The maximum absolute atomic E-state index is 14.4. The van der Waals surface area contributed by atoms with E-state index in [0.717, 1.165) is 21.7 Å². The van der Waals surface area contributed by atoms with Crippen molar-refractivity contribution in [3.63, 3.8) is 0 Å². The molecule has 0 aliphatic carbocycles. The molecule has 0 spiro atoms. The molecule has 0 aliphatic rings. The number of carbonyl (C=O) groups excluding carboxylic acids is 1. The highest BCUT2D eigenvalue weighted by atomic mass is 35.5. The summed E-state index contributed by atoms with van der Waals surface area (Å²) in [4.78, 5) is 12.7. The Kier molecular flexibility index (Phi) is 6.41. The Labute approximate surface area is 176 Å². The molecule has 1 amide bonds. The van der Waals surface area contributed by atoms with Crippen molar-refractivity contribution in [2.45, 2.75) is 4.21 Å². The lowest BCUT2D eigenvalue weighted by Crippen LogP contribution is -2.38. The van der Waals surface area contributed by atoms with Gasteiger partial charge in [-0.2, -0.15) is 0 Å². The van der Waals surface area contributed by atoms with Crippen LogP contribution in [0.4, 0.5) is 15.8 Å². The lowest BCUT2D eigenvalue weighted by molar-refractivity contribution is -0.114. The van der Waals surface area contributed by atoms with E-state index >= 15 is 0 Å². The molecule has 0 bridgehead atoms. The monoisotopic (exact) mass is 454 g/mol. The van der Waals surface area contributed by atoms with E-state index in [4.69, 9.17) is 16.3 Å². The fourth-order valence-corrected chi connectivity index (χ4v) is 5.28. The quantitative estimate of drug-likeness (QED) is 0.574. The average Bonchev–Trinajstić information content (AvgIpc) is 3.23. The number of methoxy groups -OCH3 is 1. The molecule has 152 valence electrons. The second kappa shape index (κ2) is 8.81. The van der Waals surface area contributed by atoms with Gasteiger partial charge in [0.15, 0.2) is 0 Å². The van der Waals surface area contributed by atoms with Crippen molar-refractivity contribution in [3.05, 3.63) is 70.8 Å². The molecule has 10 heteroatoms. The summed E-state index contributed by atoms with van der Waals surface area (Å²) in [6, 6.07) is 12.9. The molecule has 0 fully saturated rings. The summed E-state index contributed by atoms with van der Waals surface area (Å²) in [7, 11) is -2.73. The van der Waals surface area contributed by atoms with Gasteiger partial charge in [0.1, 0.15) is 22.3 Å². The molecule has 6 nitrogen and oxygen atoms in total. The number of thiophene rings is 1. The molecule has 3 aromatic rings. The minimum Gasteiger partial charge on any atom is -0.495 e. The average molecular weight is 455 g/mol. The second-order valence-corrected chi connectivity index (χ2v) is 9.26. The number of carbonyl (C=O) groups is 1. The number of nitrogens with zero attached hydrogens (tertiary/aromatic N) is 1. The number of sulfonamides is 1. The number of para-hydroxylation sites is 1. The molecule has 3 rings (SSSR count). The zero-order valence-electron chi connectivity index (χ0n) is 15.1. The fraction of sp³-hybridized carbons (Fsp3) is 0.105. The Balaban J connectivity index is 1.95. The van der Waals surface area contributed by atoms with Gasteiger partial charge in [-0.3, -0.25) is 9.10 Å². The lowest BCUT2D eigenvalue weighted by Gasteiger charge is -2.24. The van der Waals surface area contributed by atoms with Crippen LogP contribution in [0.1, 0.15) is 0 Å². The van der Waals surface area contributed by atoms with Crippen molar-refractivity contribution < 1.29 is 22.3 Å². The van der Waals surface area contributed by atoms with Crippen molar-refractivity contribution in [2.24, 2.45) is 0 Å². The lowest BCUT2D eigenvalue weighted by atomic mass is 10.3. The van der Waals surface area contributed by atoms with Gasteiger partial charge >= 0.3 is 0 Å².